The highest BCUT2D eigenvalue weighted by molar-refractivity contribution is 6.12. The summed E-state index contributed by atoms with van der Waals surface area (Å²) in [6.07, 6.45) is 4.97. The smallest absolute Gasteiger partial charge is 0.266 e. The Bertz CT molecular complexity index is 1130. The van der Waals surface area contributed by atoms with Crippen molar-refractivity contribution in [2.75, 3.05) is 18.5 Å². The van der Waals surface area contributed by atoms with E-state index in [1.54, 1.807) is 30.5 Å². The second-order valence-electron chi connectivity index (χ2n) is 6.90. The summed E-state index contributed by atoms with van der Waals surface area (Å²) >= 11 is 0. The fraction of sp³-hybridized carbons (Fsp3) is 0.240. The Morgan fingerprint density at radius 1 is 1.10 bits per heavy atom. The zero-order valence-electron chi connectivity index (χ0n) is 17.7. The van der Waals surface area contributed by atoms with Crippen molar-refractivity contribution in [3.8, 4) is 17.6 Å². The van der Waals surface area contributed by atoms with Crippen LogP contribution in [0, 0.1) is 11.3 Å². The van der Waals surface area contributed by atoms with E-state index in [1.807, 2.05) is 44.2 Å². The maximum absolute atomic E-state index is 12.8. The predicted octanol–water partition coefficient (Wildman–Crippen LogP) is 5.36. The van der Waals surface area contributed by atoms with E-state index in [0.29, 0.717) is 36.0 Å². The van der Waals surface area contributed by atoms with Crippen molar-refractivity contribution in [1.82, 2.24) is 4.98 Å². The number of amides is 1. The maximum Gasteiger partial charge on any atom is 0.266 e. The number of pyridine rings is 1. The Morgan fingerprint density at radius 3 is 2.68 bits per heavy atom. The molecule has 0 atom stereocenters. The lowest BCUT2D eigenvalue weighted by atomic mass is 10.1. The van der Waals surface area contributed by atoms with E-state index >= 15 is 0 Å². The number of nitrogens with one attached hydrogen (secondary N) is 1. The van der Waals surface area contributed by atoms with Crippen LogP contribution >= 0.6 is 0 Å². The normalized spacial score (nSPS) is 11.1. The van der Waals surface area contributed by atoms with Crippen LogP contribution in [0.25, 0.3) is 17.0 Å². The standard InChI is InChI=1S/C25H25N3O3/c1-3-13-30-20-11-10-18(24(16-20)31-14-4-2)15-19(17-26)25(29)28-23-9-5-8-22-21(23)7-6-12-27-22/h5-12,15-16H,3-4,13-14H2,1-2H3,(H,28,29). The molecule has 3 aromatic rings. The highest BCUT2D eigenvalue weighted by Crippen LogP contribution is 2.28. The average Bonchev–Trinajstić information content (AvgIpc) is 2.80. The molecule has 1 amide bonds. The maximum atomic E-state index is 12.8. The molecule has 3 rings (SSSR count). The Hall–Kier alpha value is -3.85. The summed E-state index contributed by atoms with van der Waals surface area (Å²) in [5.41, 5.74) is 1.98. The topological polar surface area (TPSA) is 84.2 Å². The van der Waals surface area contributed by atoms with Gasteiger partial charge in [-0.2, -0.15) is 5.26 Å². The number of hydrogen-bond donors (Lipinski definition) is 1. The SMILES string of the molecule is CCCOc1ccc(C=C(C#N)C(=O)Nc2cccc3ncccc23)c(OCCC)c1. The van der Waals surface area contributed by atoms with Crippen LogP contribution in [0.1, 0.15) is 32.3 Å². The number of fused-ring (bicyclic) bond motifs is 1. The molecule has 2 aromatic carbocycles. The highest BCUT2D eigenvalue weighted by Gasteiger charge is 2.14. The van der Waals surface area contributed by atoms with Crippen LogP contribution in [0.2, 0.25) is 0 Å². The number of nitrogens with zero attached hydrogens (tertiary/aromatic N) is 2. The Labute approximate surface area is 182 Å². The van der Waals surface area contributed by atoms with Crippen molar-refractivity contribution in [2.45, 2.75) is 26.7 Å². The van der Waals surface area contributed by atoms with Crippen molar-refractivity contribution < 1.29 is 14.3 Å². The Balaban J connectivity index is 1.89. The molecule has 6 heteroatoms. The van der Waals surface area contributed by atoms with Gasteiger partial charge in [-0.3, -0.25) is 9.78 Å². The van der Waals surface area contributed by atoms with E-state index in [4.69, 9.17) is 9.47 Å². The first-order chi connectivity index (χ1) is 15.2. The van der Waals surface area contributed by atoms with E-state index < -0.39 is 5.91 Å². The molecule has 31 heavy (non-hydrogen) atoms. The fourth-order valence-electron chi connectivity index (χ4n) is 2.99. The van der Waals surface area contributed by atoms with Gasteiger partial charge in [-0.1, -0.05) is 19.9 Å². The van der Waals surface area contributed by atoms with Crippen LogP contribution in [0.15, 0.2) is 60.3 Å². The van der Waals surface area contributed by atoms with Gasteiger partial charge in [-0.25, -0.2) is 0 Å². The molecule has 0 radical (unpaired) electrons. The van der Waals surface area contributed by atoms with Crippen LogP contribution in [-0.2, 0) is 4.79 Å². The Kier molecular flexibility index (Phi) is 7.61. The van der Waals surface area contributed by atoms with Gasteiger partial charge < -0.3 is 14.8 Å². The molecule has 1 aromatic heterocycles. The quantitative estimate of drug-likeness (QED) is 0.376. The van der Waals surface area contributed by atoms with Gasteiger partial charge in [0.05, 0.1) is 24.4 Å². The van der Waals surface area contributed by atoms with E-state index in [2.05, 4.69) is 10.3 Å². The summed E-state index contributed by atoms with van der Waals surface area (Å²) in [4.78, 5) is 17.1. The summed E-state index contributed by atoms with van der Waals surface area (Å²) in [5.74, 6) is 0.772. The monoisotopic (exact) mass is 415 g/mol. The highest BCUT2D eigenvalue weighted by atomic mass is 16.5. The van der Waals surface area contributed by atoms with Gasteiger partial charge in [0.2, 0.25) is 0 Å². The first kappa shape index (κ1) is 21.8. The average molecular weight is 415 g/mol. The van der Waals surface area contributed by atoms with E-state index in [9.17, 15) is 10.1 Å². The van der Waals surface area contributed by atoms with Crippen LogP contribution in [0.5, 0.6) is 11.5 Å². The van der Waals surface area contributed by atoms with Gasteiger partial charge in [0, 0.05) is 23.2 Å². The van der Waals surface area contributed by atoms with Crippen molar-refractivity contribution in [3.05, 3.63) is 65.9 Å². The largest absolute Gasteiger partial charge is 0.493 e. The number of nitriles is 1. The Morgan fingerprint density at radius 2 is 1.90 bits per heavy atom. The number of carbonyl (C=O) groups excluding carboxylic acids is 1. The first-order valence-electron chi connectivity index (χ1n) is 10.3. The molecule has 6 nitrogen and oxygen atoms in total. The minimum atomic E-state index is -0.494. The number of hydrogen-bond acceptors (Lipinski definition) is 5. The minimum absolute atomic E-state index is 0.0236. The van der Waals surface area contributed by atoms with Gasteiger partial charge in [0.1, 0.15) is 23.1 Å². The van der Waals surface area contributed by atoms with Crippen molar-refractivity contribution in [1.29, 1.82) is 5.26 Å². The molecule has 0 spiro atoms. The van der Waals surface area contributed by atoms with Crippen molar-refractivity contribution >= 4 is 28.6 Å². The van der Waals surface area contributed by atoms with E-state index in [1.165, 1.54) is 6.08 Å². The second-order valence-corrected chi connectivity index (χ2v) is 6.90. The number of ether oxygens (including phenoxy) is 2. The number of benzene rings is 2. The molecule has 0 aliphatic carbocycles. The van der Waals surface area contributed by atoms with Gasteiger partial charge >= 0.3 is 0 Å². The zero-order valence-corrected chi connectivity index (χ0v) is 17.7. The van der Waals surface area contributed by atoms with E-state index in [-0.39, 0.29) is 5.57 Å². The predicted molar refractivity (Wildman–Crippen MR) is 122 cm³/mol. The van der Waals surface area contributed by atoms with E-state index in [0.717, 1.165) is 23.7 Å². The van der Waals surface area contributed by atoms with Crippen LogP contribution in [0.4, 0.5) is 5.69 Å². The third-order valence-corrected chi connectivity index (χ3v) is 4.48. The van der Waals surface area contributed by atoms with Gasteiger partial charge in [0.15, 0.2) is 0 Å². The molecule has 0 saturated carbocycles. The molecule has 0 saturated heterocycles. The lowest BCUT2D eigenvalue weighted by Crippen LogP contribution is -2.14. The lowest BCUT2D eigenvalue weighted by Gasteiger charge is -2.12. The third-order valence-electron chi connectivity index (χ3n) is 4.48. The van der Waals surface area contributed by atoms with Crippen LogP contribution in [0.3, 0.4) is 0 Å². The summed E-state index contributed by atoms with van der Waals surface area (Å²) in [6.45, 7) is 5.18. The van der Waals surface area contributed by atoms with Crippen LogP contribution < -0.4 is 14.8 Å². The number of aromatic nitrogens is 1. The molecular weight excluding hydrogens is 390 g/mol. The molecule has 158 valence electrons. The second kappa shape index (κ2) is 10.8. The number of carbonyl (C=O) groups is 1. The molecule has 0 fully saturated rings. The molecule has 0 aliphatic heterocycles. The molecule has 0 unspecified atom stereocenters. The van der Waals surface area contributed by atoms with Crippen molar-refractivity contribution in [3.63, 3.8) is 0 Å². The lowest BCUT2D eigenvalue weighted by molar-refractivity contribution is -0.112. The third kappa shape index (κ3) is 5.61. The van der Waals surface area contributed by atoms with Crippen molar-refractivity contribution in [2.24, 2.45) is 0 Å². The minimum Gasteiger partial charge on any atom is -0.493 e. The summed E-state index contributed by atoms with van der Waals surface area (Å²) in [7, 11) is 0. The number of rotatable bonds is 9. The first-order valence-corrected chi connectivity index (χ1v) is 10.3. The van der Waals surface area contributed by atoms with Crippen LogP contribution in [-0.4, -0.2) is 24.1 Å². The summed E-state index contributed by atoms with van der Waals surface area (Å²) < 4.78 is 11.5. The zero-order chi connectivity index (χ0) is 22.1. The molecule has 0 bridgehead atoms. The van der Waals surface area contributed by atoms with Gasteiger partial charge in [0.25, 0.3) is 5.91 Å². The molecule has 0 aliphatic rings. The van der Waals surface area contributed by atoms with Gasteiger partial charge in [-0.15, -0.1) is 0 Å². The summed E-state index contributed by atoms with van der Waals surface area (Å²) in [6, 6.07) is 16.5. The number of anilines is 1. The molecular formula is C25H25N3O3. The van der Waals surface area contributed by atoms with Gasteiger partial charge in [-0.05, 0) is 55.3 Å². The molecule has 1 N–H and O–H groups in total. The summed E-state index contributed by atoms with van der Waals surface area (Å²) in [5, 5.41) is 13.3. The fourth-order valence-corrected chi connectivity index (χ4v) is 2.99. The molecule has 1 heterocycles.